The van der Waals surface area contributed by atoms with Crippen molar-refractivity contribution in [2.45, 2.75) is 36.6 Å². The first-order valence-corrected chi connectivity index (χ1v) is 4.44. The zero-order valence-electron chi connectivity index (χ0n) is 5.70. The number of nitrogens with zero attached hydrogens (tertiary/aromatic N) is 3. The second-order valence-corrected chi connectivity index (χ2v) is 3.75. The predicted octanol–water partition coefficient (Wildman–Crippen LogP) is 3.00. The van der Waals surface area contributed by atoms with E-state index in [2.05, 4.69) is 26.0 Å². The maximum absolute atomic E-state index is 8.17. The molecule has 1 aliphatic carbocycles. The molecule has 1 aliphatic rings. The zero-order valence-corrected chi connectivity index (χ0v) is 7.29. The van der Waals surface area contributed by atoms with Gasteiger partial charge in [0.15, 0.2) is 0 Å². The lowest BCUT2D eigenvalue weighted by atomic mass is 9.96. The molecular weight excluding hydrogens is 194 g/mol. The summed E-state index contributed by atoms with van der Waals surface area (Å²) in [5.74, 6) is 0. The monoisotopic (exact) mass is 203 g/mol. The zero-order chi connectivity index (χ0) is 7.40. The largest absolute Gasteiger partial charge is 0.0895 e. The van der Waals surface area contributed by atoms with Crippen molar-refractivity contribution in [2.24, 2.45) is 5.11 Å². The van der Waals surface area contributed by atoms with Crippen LogP contribution in [0.1, 0.15) is 25.7 Å². The van der Waals surface area contributed by atoms with Gasteiger partial charge in [0.1, 0.15) is 0 Å². The number of alkyl halides is 1. The van der Waals surface area contributed by atoms with Gasteiger partial charge in [-0.05, 0) is 18.4 Å². The second kappa shape index (κ2) is 3.84. The van der Waals surface area contributed by atoms with Crippen molar-refractivity contribution < 1.29 is 0 Å². The van der Waals surface area contributed by atoms with Crippen molar-refractivity contribution in [1.82, 2.24) is 0 Å². The van der Waals surface area contributed by atoms with E-state index in [1.165, 1.54) is 12.8 Å². The van der Waals surface area contributed by atoms with Gasteiger partial charge in [0.2, 0.25) is 0 Å². The van der Waals surface area contributed by atoms with Crippen LogP contribution in [0.15, 0.2) is 5.11 Å². The van der Waals surface area contributed by atoms with Gasteiger partial charge in [-0.1, -0.05) is 33.9 Å². The fourth-order valence-electron chi connectivity index (χ4n) is 1.26. The van der Waals surface area contributed by atoms with E-state index in [4.69, 9.17) is 5.53 Å². The third-order valence-electron chi connectivity index (χ3n) is 1.85. The van der Waals surface area contributed by atoms with Gasteiger partial charge in [-0.25, -0.2) is 0 Å². The SMILES string of the molecule is [N-]=[N+]=N[C@H]1CCCC[C@@H]1Br. The van der Waals surface area contributed by atoms with Gasteiger partial charge < -0.3 is 0 Å². The molecule has 3 nitrogen and oxygen atoms in total. The Balaban J connectivity index is 2.47. The highest BCUT2D eigenvalue weighted by Gasteiger charge is 2.20. The Labute approximate surface area is 68.6 Å². The van der Waals surface area contributed by atoms with Crippen LogP contribution in [0.4, 0.5) is 0 Å². The van der Waals surface area contributed by atoms with E-state index in [0.717, 1.165) is 12.8 Å². The summed E-state index contributed by atoms with van der Waals surface area (Å²) in [6, 6.07) is 0.193. The quantitative estimate of drug-likeness (QED) is 0.273. The van der Waals surface area contributed by atoms with Crippen LogP contribution in [0.5, 0.6) is 0 Å². The summed E-state index contributed by atoms with van der Waals surface area (Å²) in [5.41, 5.74) is 8.17. The highest BCUT2D eigenvalue weighted by molar-refractivity contribution is 9.09. The standard InChI is InChI=1S/C6H10BrN3/c7-5-3-1-2-4-6(5)9-10-8/h5-6H,1-4H2/t5-,6-/m0/s1. The molecule has 0 saturated heterocycles. The van der Waals surface area contributed by atoms with Gasteiger partial charge >= 0.3 is 0 Å². The average Bonchev–Trinajstić information content (AvgIpc) is 1.94. The Morgan fingerprint density at radius 3 is 2.70 bits per heavy atom. The van der Waals surface area contributed by atoms with Crippen LogP contribution in [0.2, 0.25) is 0 Å². The van der Waals surface area contributed by atoms with Crippen molar-refractivity contribution in [3.05, 3.63) is 10.4 Å². The maximum Gasteiger partial charge on any atom is 0.0499 e. The molecular formula is C6H10BrN3. The summed E-state index contributed by atoms with van der Waals surface area (Å²) in [7, 11) is 0. The number of hydrogen-bond acceptors (Lipinski definition) is 1. The van der Waals surface area contributed by atoms with Crippen LogP contribution in [0.25, 0.3) is 10.4 Å². The van der Waals surface area contributed by atoms with Crippen molar-refractivity contribution in [3.8, 4) is 0 Å². The Bertz CT molecular complexity index is 153. The molecule has 2 atom stereocenters. The molecule has 10 heavy (non-hydrogen) atoms. The summed E-state index contributed by atoms with van der Waals surface area (Å²) < 4.78 is 0. The highest BCUT2D eigenvalue weighted by atomic mass is 79.9. The van der Waals surface area contributed by atoms with Crippen LogP contribution in [0, 0.1) is 0 Å². The lowest BCUT2D eigenvalue weighted by Crippen LogP contribution is -2.21. The minimum absolute atomic E-state index is 0.193. The maximum atomic E-state index is 8.17. The van der Waals surface area contributed by atoms with Gasteiger partial charge in [0, 0.05) is 15.8 Å². The van der Waals surface area contributed by atoms with Gasteiger partial charge in [0.25, 0.3) is 0 Å². The lowest BCUT2D eigenvalue weighted by molar-refractivity contribution is 0.457. The molecule has 0 aromatic rings. The van der Waals surface area contributed by atoms with Crippen LogP contribution in [-0.2, 0) is 0 Å². The van der Waals surface area contributed by atoms with Crippen LogP contribution < -0.4 is 0 Å². The average molecular weight is 204 g/mol. The van der Waals surface area contributed by atoms with Crippen molar-refractivity contribution in [3.63, 3.8) is 0 Å². The summed E-state index contributed by atoms with van der Waals surface area (Å²) in [6.07, 6.45) is 4.64. The van der Waals surface area contributed by atoms with Crippen molar-refractivity contribution in [2.75, 3.05) is 0 Å². The lowest BCUT2D eigenvalue weighted by Gasteiger charge is -2.22. The summed E-state index contributed by atoms with van der Waals surface area (Å²) in [5, 5.41) is 3.70. The predicted molar refractivity (Wildman–Crippen MR) is 44.1 cm³/mol. The topological polar surface area (TPSA) is 48.8 Å². The van der Waals surface area contributed by atoms with Gasteiger partial charge in [-0.2, -0.15) is 0 Å². The third-order valence-corrected chi connectivity index (χ3v) is 2.92. The summed E-state index contributed by atoms with van der Waals surface area (Å²) in [6.45, 7) is 0. The molecule has 0 bridgehead atoms. The first kappa shape index (κ1) is 7.89. The molecule has 0 aliphatic heterocycles. The molecule has 0 heterocycles. The number of hydrogen-bond donors (Lipinski definition) is 0. The molecule has 1 saturated carbocycles. The Morgan fingerprint density at radius 1 is 1.40 bits per heavy atom. The van der Waals surface area contributed by atoms with Crippen LogP contribution in [0.3, 0.4) is 0 Å². The summed E-state index contributed by atoms with van der Waals surface area (Å²) in [4.78, 5) is 3.22. The number of rotatable bonds is 1. The van der Waals surface area contributed by atoms with Gasteiger partial charge in [-0.15, -0.1) is 0 Å². The molecule has 0 amide bonds. The van der Waals surface area contributed by atoms with Gasteiger partial charge in [-0.3, -0.25) is 0 Å². The fourth-order valence-corrected chi connectivity index (χ4v) is 1.96. The van der Waals surface area contributed by atoms with E-state index in [1.54, 1.807) is 0 Å². The molecule has 0 unspecified atom stereocenters. The van der Waals surface area contributed by atoms with E-state index < -0.39 is 0 Å². The molecule has 0 radical (unpaired) electrons. The molecule has 0 N–H and O–H groups in total. The Morgan fingerprint density at radius 2 is 2.10 bits per heavy atom. The van der Waals surface area contributed by atoms with E-state index in [0.29, 0.717) is 4.83 Å². The molecule has 4 heteroatoms. The molecule has 56 valence electrons. The van der Waals surface area contributed by atoms with Gasteiger partial charge in [0.05, 0.1) is 0 Å². The van der Waals surface area contributed by atoms with E-state index in [1.807, 2.05) is 0 Å². The fraction of sp³-hybridized carbons (Fsp3) is 1.00. The van der Waals surface area contributed by atoms with Crippen LogP contribution in [-0.4, -0.2) is 10.9 Å². The van der Waals surface area contributed by atoms with Crippen molar-refractivity contribution in [1.29, 1.82) is 0 Å². The molecule has 0 aromatic carbocycles. The highest BCUT2D eigenvalue weighted by Crippen LogP contribution is 2.26. The number of halogens is 1. The Hall–Kier alpha value is -0.210. The molecule has 0 aromatic heterocycles. The minimum atomic E-state index is 0.193. The second-order valence-electron chi connectivity index (χ2n) is 2.57. The van der Waals surface area contributed by atoms with Crippen molar-refractivity contribution >= 4 is 15.9 Å². The van der Waals surface area contributed by atoms with E-state index in [-0.39, 0.29) is 6.04 Å². The first-order chi connectivity index (χ1) is 4.84. The van der Waals surface area contributed by atoms with Crippen LogP contribution >= 0.6 is 15.9 Å². The third kappa shape index (κ3) is 1.89. The molecule has 0 spiro atoms. The normalized spacial score (nSPS) is 32.9. The molecule has 1 fully saturated rings. The minimum Gasteiger partial charge on any atom is -0.0895 e. The summed E-state index contributed by atoms with van der Waals surface area (Å²) >= 11 is 3.49. The van der Waals surface area contributed by atoms with E-state index in [9.17, 15) is 0 Å². The van der Waals surface area contributed by atoms with E-state index >= 15 is 0 Å². The Kier molecular flexibility index (Phi) is 3.03. The number of azide groups is 1. The first-order valence-electron chi connectivity index (χ1n) is 3.53. The molecule has 1 rings (SSSR count). The smallest absolute Gasteiger partial charge is 0.0499 e.